The zero-order valence-corrected chi connectivity index (χ0v) is 15.7. The van der Waals surface area contributed by atoms with E-state index in [2.05, 4.69) is 11.9 Å². The van der Waals surface area contributed by atoms with Gasteiger partial charge in [0.1, 0.15) is 0 Å². The predicted molar refractivity (Wildman–Crippen MR) is 102 cm³/mol. The molecular weight excluding hydrogens is 354 g/mol. The summed E-state index contributed by atoms with van der Waals surface area (Å²) in [6, 6.07) is 8.02. The van der Waals surface area contributed by atoms with Crippen LogP contribution in [-0.2, 0) is 11.2 Å². The van der Waals surface area contributed by atoms with Gasteiger partial charge in [-0.25, -0.2) is 4.98 Å². The van der Waals surface area contributed by atoms with Crippen LogP contribution in [0.4, 0.5) is 0 Å². The molecule has 1 saturated heterocycles. The van der Waals surface area contributed by atoms with Crippen LogP contribution in [0.15, 0.2) is 35.8 Å². The van der Waals surface area contributed by atoms with Gasteiger partial charge in [-0.1, -0.05) is 23.7 Å². The Morgan fingerprint density at radius 2 is 2.12 bits per heavy atom. The van der Waals surface area contributed by atoms with Gasteiger partial charge in [0.25, 0.3) is 0 Å². The Labute approximate surface area is 156 Å². The topological polar surface area (TPSA) is 37.6 Å². The molecule has 1 atom stereocenters. The molecule has 1 unspecified atom stereocenters. The Balaban J connectivity index is 1.58. The zero-order valence-electron chi connectivity index (χ0n) is 14.1. The van der Waals surface area contributed by atoms with Gasteiger partial charge in [-0.05, 0) is 38.3 Å². The van der Waals surface area contributed by atoms with Gasteiger partial charge in [0.2, 0.25) is 5.91 Å². The van der Waals surface area contributed by atoms with Crippen molar-refractivity contribution in [3.05, 3.63) is 46.6 Å². The monoisotopic (exact) mass is 373 g/mol. The lowest BCUT2D eigenvalue weighted by Crippen LogP contribution is -2.42. The van der Waals surface area contributed by atoms with Crippen molar-refractivity contribution >= 4 is 33.8 Å². The van der Waals surface area contributed by atoms with Crippen LogP contribution in [0.3, 0.4) is 0 Å². The number of thiazole rings is 1. The Bertz CT molecular complexity index is 899. The first-order valence-corrected chi connectivity index (χ1v) is 9.88. The van der Waals surface area contributed by atoms with Gasteiger partial charge in [-0.15, -0.1) is 11.3 Å². The fraction of sp³-hybridized carbons (Fsp3) is 0.368. The highest BCUT2D eigenvalue weighted by atomic mass is 35.5. The molecule has 0 aliphatic carbocycles. The highest BCUT2D eigenvalue weighted by molar-refractivity contribution is 7.15. The van der Waals surface area contributed by atoms with Gasteiger partial charge in [-0.2, -0.15) is 0 Å². The molecule has 1 fully saturated rings. The first-order chi connectivity index (χ1) is 12.1. The minimum absolute atomic E-state index is 0.216. The van der Waals surface area contributed by atoms with Crippen molar-refractivity contribution in [1.82, 2.24) is 14.3 Å². The molecule has 0 N–H and O–H groups in total. The van der Waals surface area contributed by atoms with Crippen molar-refractivity contribution in [2.24, 2.45) is 0 Å². The summed E-state index contributed by atoms with van der Waals surface area (Å²) in [5.74, 6) is 0.216. The molecule has 0 radical (unpaired) electrons. The fourth-order valence-corrected chi connectivity index (χ4v) is 4.44. The maximum Gasteiger partial charge on any atom is 0.228 e. The van der Waals surface area contributed by atoms with Crippen LogP contribution in [0, 0.1) is 0 Å². The summed E-state index contributed by atoms with van der Waals surface area (Å²) in [4.78, 5) is 20.3. The van der Waals surface area contributed by atoms with E-state index in [-0.39, 0.29) is 5.91 Å². The van der Waals surface area contributed by atoms with Gasteiger partial charge in [0.05, 0.1) is 12.1 Å². The number of hydrogen-bond acceptors (Lipinski definition) is 3. The summed E-state index contributed by atoms with van der Waals surface area (Å²) < 4.78 is 2.04. The van der Waals surface area contributed by atoms with E-state index in [0.717, 1.165) is 41.3 Å². The van der Waals surface area contributed by atoms with Crippen molar-refractivity contribution in [1.29, 1.82) is 0 Å². The standard InChI is InChI=1S/C19H20ClN3OS/c1-13-4-2-3-9-22(13)18(24)10-16-12-25-19-21-17(11-23(16)19)14-5-7-15(20)8-6-14/h5-8,11-13H,2-4,9-10H2,1H3. The van der Waals surface area contributed by atoms with Crippen LogP contribution in [0.1, 0.15) is 31.9 Å². The summed E-state index contributed by atoms with van der Waals surface area (Å²) in [6.07, 6.45) is 5.88. The number of fused-ring (bicyclic) bond motifs is 1. The molecule has 6 heteroatoms. The summed E-state index contributed by atoms with van der Waals surface area (Å²) in [5, 5.41) is 2.76. The number of piperidine rings is 1. The number of rotatable bonds is 3. The number of amides is 1. The van der Waals surface area contributed by atoms with E-state index in [1.807, 2.05) is 45.1 Å². The molecule has 0 bridgehead atoms. The first kappa shape index (κ1) is 16.6. The molecule has 130 valence electrons. The summed E-state index contributed by atoms with van der Waals surface area (Å²) in [6.45, 7) is 3.03. The van der Waals surface area contributed by atoms with Crippen LogP contribution in [0.2, 0.25) is 5.02 Å². The molecule has 1 aliphatic heterocycles. The number of carbonyl (C=O) groups excluding carboxylic acids is 1. The van der Waals surface area contributed by atoms with Crippen molar-refractivity contribution < 1.29 is 4.79 Å². The van der Waals surface area contributed by atoms with E-state index in [9.17, 15) is 4.79 Å². The van der Waals surface area contributed by atoms with Gasteiger partial charge >= 0.3 is 0 Å². The smallest absolute Gasteiger partial charge is 0.228 e. The molecule has 2 aromatic heterocycles. The van der Waals surface area contributed by atoms with Crippen LogP contribution >= 0.6 is 22.9 Å². The minimum Gasteiger partial charge on any atom is -0.340 e. The molecular formula is C19H20ClN3OS. The van der Waals surface area contributed by atoms with Gasteiger partial charge in [0.15, 0.2) is 4.96 Å². The van der Waals surface area contributed by atoms with Gasteiger partial charge in [0, 0.05) is 40.4 Å². The number of carbonyl (C=O) groups is 1. The number of imidazole rings is 1. The van der Waals surface area contributed by atoms with Gasteiger partial charge < -0.3 is 4.90 Å². The largest absolute Gasteiger partial charge is 0.340 e. The lowest BCUT2D eigenvalue weighted by atomic mass is 10.0. The number of aromatic nitrogens is 2. The second kappa shape index (κ2) is 6.81. The number of nitrogens with zero attached hydrogens (tertiary/aromatic N) is 3. The van der Waals surface area contributed by atoms with Crippen LogP contribution in [0.5, 0.6) is 0 Å². The van der Waals surface area contributed by atoms with Crippen molar-refractivity contribution in [2.75, 3.05) is 6.54 Å². The van der Waals surface area contributed by atoms with Crippen LogP contribution in [0.25, 0.3) is 16.2 Å². The number of likely N-dealkylation sites (tertiary alicyclic amines) is 1. The molecule has 1 aliphatic rings. The maximum atomic E-state index is 12.7. The number of benzene rings is 1. The van der Waals surface area contributed by atoms with Crippen molar-refractivity contribution in [3.63, 3.8) is 0 Å². The second-order valence-electron chi connectivity index (χ2n) is 6.62. The molecule has 0 spiro atoms. The number of hydrogen-bond donors (Lipinski definition) is 0. The molecule has 1 aromatic carbocycles. The zero-order chi connectivity index (χ0) is 17.4. The maximum absolute atomic E-state index is 12.7. The highest BCUT2D eigenvalue weighted by Gasteiger charge is 2.24. The SMILES string of the molecule is CC1CCCCN1C(=O)Cc1csc2nc(-c3ccc(Cl)cc3)cn12. The van der Waals surface area contributed by atoms with E-state index >= 15 is 0 Å². The van der Waals surface area contributed by atoms with E-state index in [1.165, 1.54) is 6.42 Å². The highest BCUT2D eigenvalue weighted by Crippen LogP contribution is 2.26. The molecule has 3 aromatic rings. The molecule has 1 amide bonds. The lowest BCUT2D eigenvalue weighted by Gasteiger charge is -2.33. The van der Waals surface area contributed by atoms with E-state index in [0.29, 0.717) is 17.5 Å². The fourth-order valence-electron chi connectivity index (χ4n) is 3.44. The average molecular weight is 374 g/mol. The second-order valence-corrected chi connectivity index (χ2v) is 7.89. The van der Waals surface area contributed by atoms with Gasteiger partial charge in [-0.3, -0.25) is 9.20 Å². The molecule has 0 saturated carbocycles. The average Bonchev–Trinajstić information content (AvgIpc) is 3.18. The third-order valence-electron chi connectivity index (χ3n) is 4.88. The number of halogens is 1. The first-order valence-electron chi connectivity index (χ1n) is 8.63. The Morgan fingerprint density at radius 3 is 2.88 bits per heavy atom. The summed E-state index contributed by atoms with van der Waals surface area (Å²) >= 11 is 7.54. The molecule has 4 nitrogen and oxygen atoms in total. The molecule has 25 heavy (non-hydrogen) atoms. The van der Waals surface area contributed by atoms with E-state index in [1.54, 1.807) is 11.3 Å². The predicted octanol–water partition coefficient (Wildman–Crippen LogP) is 4.66. The van der Waals surface area contributed by atoms with E-state index in [4.69, 9.17) is 11.6 Å². The Hall–Kier alpha value is -1.85. The molecule has 4 rings (SSSR count). The quantitative estimate of drug-likeness (QED) is 0.669. The van der Waals surface area contributed by atoms with Crippen molar-refractivity contribution in [2.45, 2.75) is 38.6 Å². The summed E-state index contributed by atoms with van der Waals surface area (Å²) in [7, 11) is 0. The summed E-state index contributed by atoms with van der Waals surface area (Å²) in [5.41, 5.74) is 2.95. The third-order valence-corrected chi connectivity index (χ3v) is 6.02. The van der Waals surface area contributed by atoms with Crippen LogP contribution in [-0.4, -0.2) is 32.8 Å². The van der Waals surface area contributed by atoms with E-state index < -0.39 is 0 Å². The lowest BCUT2D eigenvalue weighted by molar-refractivity contribution is -0.133. The Kier molecular flexibility index (Phi) is 4.52. The Morgan fingerprint density at radius 1 is 1.32 bits per heavy atom. The minimum atomic E-state index is 0.216. The third kappa shape index (κ3) is 3.31. The van der Waals surface area contributed by atoms with Crippen LogP contribution < -0.4 is 0 Å². The van der Waals surface area contributed by atoms with Crippen molar-refractivity contribution in [3.8, 4) is 11.3 Å². The molecule has 3 heterocycles. The normalized spacial score (nSPS) is 18.0.